The Morgan fingerprint density at radius 3 is 2.26 bits per heavy atom. The van der Waals surface area contributed by atoms with Crippen molar-refractivity contribution >= 4 is 24.6 Å². The number of nitrogens with one attached hydrogen (secondary N) is 1. The number of aryl methyl sites for hydroxylation is 1. The average Bonchev–Trinajstić information content (AvgIpc) is 3.38. The highest BCUT2D eigenvalue weighted by Crippen LogP contribution is 2.39. The van der Waals surface area contributed by atoms with E-state index >= 15 is 0 Å². The lowest BCUT2D eigenvalue weighted by molar-refractivity contribution is 0.0527. The van der Waals surface area contributed by atoms with E-state index in [1.807, 2.05) is 28.8 Å². The summed E-state index contributed by atoms with van der Waals surface area (Å²) in [6.45, 7) is 14.8. The van der Waals surface area contributed by atoms with Gasteiger partial charge in [0.25, 0.3) is 14.2 Å². The first kappa shape index (κ1) is 29.5. The van der Waals surface area contributed by atoms with E-state index < -0.39 is 8.32 Å². The maximum absolute atomic E-state index is 14.2. The Balaban J connectivity index is 1.43. The van der Waals surface area contributed by atoms with Crippen molar-refractivity contribution in [3.8, 4) is 0 Å². The van der Waals surface area contributed by atoms with E-state index in [0.717, 1.165) is 28.9 Å². The molecule has 2 aliphatic heterocycles. The zero-order valence-corrected chi connectivity index (χ0v) is 27.2. The van der Waals surface area contributed by atoms with Crippen LogP contribution in [0.5, 0.6) is 0 Å². The van der Waals surface area contributed by atoms with Crippen LogP contribution in [0, 0.1) is 6.92 Å². The molecule has 0 spiro atoms. The van der Waals surface area contributed by atoms with Gasteiger partial charge in [-0.1, -0.05) is 87.5 Å². The molecule has 7 nitrogen and oxygen atoms in total. The third-order valence-corrected chi connectivity index (χ3v) is 14.2. The predicted octanol–water partition coefficient (Wildman–Crippen LogP) is 4.96. The standard InChI is InChI=1S/C35H43N5O2Si/c1-24-17-18-27(20-36-24)26(3)39-22-28(40-33(34(39)41)31-21-37-25(2)19-32(31)38-40)23-42-43(35(4,5)6,29-13-9-7-10-14-29)30-15-11-8-12-16-30/h7-18,20,25-26,28,37H,19,21-23H2,1-6H3/t25-,26+,28+/m1/s1. The molecule has 0 unspecified atom stereocenters. The molecule has 0 bridgehead atoms. The van der Waals surface area contributed by atoms with Crippen LogP contribution < -0.4 is 15.7 Å². The lowest BCUT2D eigenvalue weighted by atomic mass is 9.99. The Morgan fingerprint density at radius 1 is 1.02 bits per heavy atom. The maximum atomic E-state index is 14.2. The Morgan fingerprint density at radius 2 is 1.67 bits per heavy atom. The van der Waals surface area contributed by atoms with E-state index in [9.17, 15) is 4.79 Å². The van der Waals surface area contributed by atoms with Crippen LogP contribution in [0.4, 0.5) is 0 Å². The summed E-state index contributed by atoms with van der Waals surface area (Å²) in [6.07, 6.45) is 2.70. The highest BCUT2D eigenvalue weighted by atomic mass is 28.4. The SMILES string of the molecule is Cc1ccc([C@H](C)N2C[C@@H](CO[Si](c3ccccc3)(c3ccccc3)C(C)(C)C)n3nc4c(c3C2=O)CN[C@H](C)C4)cn1. The van der Waals surface area contributed by atoms with Crippen LogP contribution in [-0.2, 0) is 17.4 Å². The summed E-state index contributed by atoms with van der Waals surface area (Å²) in [4.78, 5) is 20.8. The Bertz CT molecular complexity index is 1540. The molecular weight excluding hydrogens is 551 g/mol. The first-order chi connectivity index (χ1) is 20.6. The van der Waals surface area contributed by atoms with Crippen LogP contribution in [0.15, 0.2) is 79.0 Å². The second-order valence-electron chi connectivity index (χ2n) is 13.2. The Hall–Kier alpha value is -3.59. The molecule has 0 aliphatic carbocycles. The number of carbonyl (C=O) groups is 1. The molecule has 43 heavy (non-hydrogen) atoms. The minimum Gasteiger partial charge on any atom is -0.405 e. The first-order valence-corrected chi connectivity index (χ1v) is 17.3. The minimum atomic E-state index is -2.78. The molecule has 0 radical (unpaired) electrons. The lowest BCUT2D eigenvalue weighted by Gasteiger charge is -2.45. The summed E-state index contributed by atoms with van der Waals surface area (Å²) in [7, 11) is -2.78. The molecule has 6 rings (SSSR count). The third-order valence-electron chi connectivity index (χ3n) is 9.23. The minimum absolute atomic E-state index is 0.0277. The number of hydrogen-bond acceptors (Lipinski definition) is 5. The van der Waals surface area contributed by atoms with Gasteiger partial charge >= 0.3 is 0 Å². The average molecular weight is 594 g/mol. The van der Waals surface area contributed by atoms with E-state index in [1.165, 1.54) is 10.4 Å². The maximum Gasteiger partial charge on any atom is 0.273 e. The van der Waals surface area contributed by atoms with Gasteiger partial charge in [0.2, 0.25) is 0 Å². The van der Waals surface area contributed by atoms with Gasteiger partial charge in [0.05, 0.1) is 24.4 Å². The van der Waals surface area contributed by atoms with E-state index in [4.69, 9.17) is 9.52 Å². The number of rotatable bonds is 7. The predicted molar refractivity (Wildman–Crippen MR) is 173 cm³/mol. The van der Waals surface area contributed by atoms with Crippen molar-refractivity contribution in [3.05, 3.63) is 107 Å². The molecule has 4 aromatic rings. The molecule has 2 aromatic carbocycles. The molecule has 0 saturated heterocycles. The van der Waals surface area contributed by atoms with E-state index in [-0.39, 0.29) is 23.0 Å². The quantitative estimate of drug-likeness (QED) is 0.307. The van der Waals surface area contributed by atoms with Gasteiger partial charge in [-0.25, -0.2) is 0 Å². The summed E-state index contributed by atoms with van der Waals surface area (Å²) in [5.41, 5.74) is 4.74. The smallest absolute Gasteiger partial charge is 0.273 e. The van der Waals surface area contributed by atoms with Crippen molar-refractivity contribution in [1.82, 2.24) is 25.0 Å². The molecule has 2 aliphatic rings. The van der Waals surface area contributed by atoms with Gasteiger partial charge in [0.15, 0.2) is 0 Å². The van der Waals surface area contributed by atoms with Crippen molar-refractivity contribution in [2.75, 3.05) is 13.2 Å². The van der Waals surface area contributed by atoms with E-state index in [1.54, 1.807) is 0 Å². The first-order valence-electron chi connectivity index (χ1n) is 15.4. The summed E-state index contributed by atoms with van der Waals surface area (Å²) >= 11 is 0. The number of carbonyl (C=O) groups excluding carboxylic acids is 1. The largest absolute Gasteiger partial charge is 0.405 e. The summed E-state index contributed by atoms with van der Waals surface area (Å²) in [5.74, 6) is 0.0277. The fraction of sp³-hybridized carbons (Fsp3) is 0.400. The zero-order chi connectivity index (χ0) is 30.4. The lowest BCUT2D eigenvalue weighted by Crippen LogP contribution is -2.67. The van der Waals surface area contributed by atoms with Crippen molar-refractivity contribution in [1.29, 1.82) is 0 Å². The molecule has 3 atom stereocenters. The molecule has 1 amide bonds. The van der Waals surface area contributed by atoms with Gasteiger partial charge in [-0.3, -0.25) is 14.5 Å². The van der Waals surface area contributed by atoms with Gasteiger partial charge in [0.1, 0.15) is 5.69 Å². The number of amides is 1. The Kier molecular flexibility index (Phi) is 7.87. The second kappa shape index (κ2) is 11.5. The van der Waals surface area contributed by atoms with Crippen LogP contribution >= 0.6 is 0 Å². The number of fused-ring (bicyclic) bond motifs is 3. The monoisotopic (exact) mass is 593 g/mol. The number of hydrogen-bond donors (Lipinski definition) is 1. The number of benzene rings is 2. The van der Waals surface area contributed by atoms with Crippen LogP contribution in [0.3, 0.4) is 0 Å². The van der Waals surface area contributed by atoms with Crippen LogP contribution in [0.25, 0.3) is 0 Å². The summed E-state index contributed by atoms with van der Waals surface area (Å²) < 4.78 is 9.41. The van der Waals surface area contributed by atoms with Crippen molar-refractivity contribution < 1.29 is 9.22 Å². The van der Waals surface area contributed by atoms with Crippen LogP contribution in [0.2, 0.25) is 5.04 Å². The van der Waals surface area contributed by atoms with Gasteiger partial charge in [0, 0.05) is 43.0 Å². The van der Waals surface area contributed by atoms with Crippen molar-refractivity contribution in [2.45, 2.75) is 77.7 Å². The van der Waals surface area contributed by atoms with Gasteiger partial charge in [-0.05, 0) is 47.8 Å². The van der Waals surface area contributed by atoms with Crippen LogP contribution in [0.1, 0.15) is 79.7 Å². The molecular formula is C35H43N5O2Si. The van der Waals surface area contributed by atoms with E-state index in [0.29, 0.717) is 31.4 Å². The number of pyridine rings is 1. The third kappa shape index (κ3) is 5.26. The topological polar surface area (TPSA) is 72.3 Å². The molecule has 0 fully saturated rings. The van der Waals surface area contributed by atoms with Crippen molar-refractivity contribution in [3.63, 3.8) is 0 Å². The fourth-order valence-electron chi connectivity index (χ4n) is 6.86. The highest BCUT2D eigenvalue weighted by Gasteiger charge is 2.51. The zero-order valence-electron chi connectivity index (χ0n) is 26.2. The molecule has 4 heterocycles. The van der Waals surface area contributed by atoms with Gasteiger partial charge in [-0.2, -0.15) is 5.10 Å². The van der Waals surface area contributed by atoms with Crippen LogP contribution in [-0.4, -0.2) is 53.1 Å². The number of nitrogens with zero attached hydrogens (tertiary/aromatic N) is 4. The molecule has 1 N–H and O–H groups in total. The van der Waals surface area contributed by atoms with Gasteiger partial charge in [-0.15, -0.1) is 0 Å². The molecule has 0 saturated carbocycles. The van der Waals surface area contributed by atoms with Crippen molar-refractivity contribution in [2.24, 2.45) is 0 Å². The van der Waals surface area contributed by atoms with E-state index in [2.05, 4.69) is 112 Å². The Labute approximate surface area is 256 Å². The number of aromatic nitrogens is 3. The molecule has 224 valence electrons. The fourth-order valence-corrected chi connectivity index (χ4v) is 11.5. The highest BCUT2D eigenvalue weighted by molar-refractivity contribution is 6.99. The van der Waals surface area contributed by atoms with Gasteiger partial charge < -0.3 is 14.6 Å². The summed E-state index contributed by atoms with van der Waals surface area (Å²) in [6, 6.07) is 25.6. The second-order valence-corrected chi connectivity index (χ2v) is 17.5. The molecule has 8 heteroatoms. The normalized spacial score (nSPS) is 19.6. The summed E-state index contributed by atoms with van der Waals surface area (Å²) in [5, 5.41) is 11.0. The molecule has 2 aromatic heterocycles.